The monoisotopic (exact) mass is 169 g/mol. The van der Waals surface area contributed by atoms with Crippen molar-refractivity contribution < 1.29 is 0 Å². The molecule has 0 spiro atoms. The minimum atomic E-state index is 0.469. The fourth-order valence-electron chi connectivity index (χ4n) is 2.06. The number of hydrogen-bond acceptors (Lipinski definition) is 1. The maximum Gasteiger partial charge on any atom is 0.00420 e. The van der Waals surface area contributed by atoms with Crippen molar-refractivity contribution in [2.45, 2.75) is 47.1 Å². The Hall–Kier alpha value is -0.0400. The molecule has 72 valence electrons. The number of nitrogens with one attached hydrogen (secondary N) is 1. The third-order valence-electron chi connectivity index (χ3n) is 3.46. The summed E-state index contributed by atoms with van der Waals surface area (Å²) in [4.78, 5) is 0. The lowest BCUT2D eigenvalue weighted by Gasteiger charge is -2.32. The zero-order valence-electron chi connectivity index (χ0n) is 9.15. The second-order valence-electron chi connectivity index (χ2n) is 5.46. The lowest BCUT2D eigenvalue weighted by Crippen LogP contribution is -2.27. The predicted octanol–water partition coefficient (Wildman–Crippen LogP) is 2.67. The molecule has 3 atom stereocenters. The van der Waals surface area contributed by atoms with Gasteiger partial charge in [-0.2, -0.15) is 0 Å². The molecular formula is C11H23N. The third kappa shape index (κ3) is 2.22. The molecule has 1 saturated heterocycles. The summed E-state index contributed by atoms with van der Waals surface area (Å²) in [5, 5.41) is 3.52. The summed E-state index contributed by atoms with van der Waals surface area (Å²) in [5.41, 5.74) is 0.469. The van der Waals surface area contributed by atoms with E-state index in [-0.39, 0.29) is 0 Å². The van der Waals surface area contributed by atoms with Gasteiger partial charge in [-0.05, 0) is 37.1 Å². The van der Waals surface area contributed by atoms with Crippen LogP contribution in [0.15, 0.2) is 0 Å². The Labute approximate surface area is 76.9 Å². The van der Waals surface area contributed by atoms with Crippen molar-refractivity contribution in [3.63, 3.8) is 0 Å². The Kier molecular flexibility index (Phi) is 2.82. The molecule has 1 rings (SSSR count). The van der Waals surface area contributed by atoms with E-state index in [4.69, 9.17) is 0 Å². The van der Waals surface area contributed by atoms with E-state index < -0.39 is 0 Å². The lowest BCUT2D eigenvalue weighted by atomic mass is 9.74. The van der Waals surface area contributed by atoms with Gasteiger partial charge >= 0.3 is 0 Å². The minimum absolute atomic E-state index is 0.469. The van der Waals surface area contributed by atoms with Crippen molar-refractivity contribution in [2.24, 2.45) is 17.3 Å². The van der Waals surface area contributed by atoms with Gasteiger partial charge in [-0.3, -0.25) is 0 Å². The second-order valence-corrected chi connectivity index (χ2v) is 5.46. The predicted molar refractivity (Wildman–Crippen MR) is 54.2 cm³/mol. The molecule has 0 aliphatic carbocycles. The van der Waals surface area contributed by atoms with Gasteiger partial charge in [0.25, 0.3) is 0 Å². The molecule has 1 heteroatoms. The van der Waals surface area contributed by atoms with Gasteiger partial charge in [0.05, 0.1) is 0 Å². The molecule has 0 saturated carbocycles. The first-order valence-electron chi connectivity index (χ1n) is 5.14. The molecule has 0 bridgehead atoms. The molecule has 1 fully saturated rings. The van der Waals surface area contributed by atoms with Gasteiger partial charge in [0.15, 0.2) is 0 Å². The Morgan fingerprint density at radius 1 is 1.33 bits per heavy atom. The van der Waals surface area contributed by atoms with Crippen LogP contribution >= 0.6 is 0 Å². The van der Waals surface area contributed by atoms with Gasteiger partial charge in [-0.15, -0.1) is 0 Å². The molecule has 1 nitrogen and oxygen atoms in total. The lowest BCUT2D eigenvalue weighted by molar-refractivity contribution is 0.186. The minimum Gasteiger partial charge on any atom is -0.314 e. The SMILES string of the molecule is CC1CC(C(C)C(C)(C)C)CN1. The Morgan fingerprint density at radius 3 is 2.25 bits per heavy atom. The van der Waals surface area contributed by atoms with E-state index >= 15 is 0 Å². The highest BCUT2D eigenvalue weighted by Gasteiger charge is 2.32. The van der Waals surface area contributed by atoms with Crippen LogP contribution < -0.4 is 5.32 Å². The maximum absolute atomic E-state index is 3.52. The highest BCUT2D eigenvalue weighted by atomic mass is 14.9. The van der Waals surface area contributed by atoms with Gasteiger partial charge in [-0.1, -0.05) is 27.7 Å². The third-order valence-corrected chi connectivity index (χ3v) is 3.46. The fraction of sp³-hybridized carbons (Fsp3) is 1.00. The highest BCUT2D eigenvalue weighted by Crippen LogP contribution is 2.35. The molecule has 12 heavy (non-hydrogen) atoms. The standard InChI is InChI=1S/C11H23N/c1-8-6-10(7-12-8)9(2)11(3,4)5/h8-10,12H,6-7H2,1-5H3. The van der Waals surface area contributed by atoms with Gasteiger partial charge in [0, 0.05) is 6.04 Å². The molecule has 0 aromatic carbocycles. The molecule has 1 aliphatic rings. The molecule has 0 radical (unpaired) electrons. The van der Waals surface area contributed by atoms with Crippen molar-refractivity contribution in [1.82, 2.24) is 5.32 Å². The van der Waals surface area contributed by atoms with Gasteiger partial charge in [0.1, 0.15) is 0 Å². The zero-order chi connectivity index (χ0) is 9.35. The van der Waals surface area contributed by atoms with E-state index in [0.717, 1.165) is 17.9 Å². The van der Waals surface area contributed by atoms with Gasteiger partial charge < -0.3 is 5.32 Å². The molecule has 0 aromatic rings. The summed E-state index contributed by atoms with van der Waals surface area (Å²) in [6.07, 6.45) is 1.36. The largest absolute Gasteiger partial charge is 0.314 e. The average molecular weight is 169 g/mol. The molecule has 1 heterocycles. The first-order valence-corrected chi connectivity index (χ1v) is 5.14. The first-order chi connectivity index (χ1) is 5.41. The van der Waals surface area contributed by atoms with Crippen LogP contribution in [0.4, 0.5) is 0 Å². The highest BCUT2D eigenvalue weighted by molar-refractivity contribution is 4.86. The second kappa shape index (κ2) is 3.37. The molecular weight excluding hydrogens is 146 g/mol. The normalized spacial score (nSPS) is 33.8. The topological polar surface area (TPSA) is 12.0 Å². The summed E-state index contributed by atoms with van der Waals surface area (Å²) in [7, 11) is 0. The van der Waals surface area contributed by atoms with Crippen LogP contribution in [0.1, 0.15) is 41.0 Å². The fourth-order valence-corrected chi connectivity index (χ4v) is 2.06. The van der Waals surface area contributed by atoms with Crippen LogP contribution in [0.25, 0.3) is 0 Å². The summed E-state index contributed by atoms with van der Waals surface area (Å²) < 4.78 is 0. The van der Waals surface area contributed by atoms with Crippen LogP contribution in [-0.2, 0) is 0 Å². The summed E-state index contributed by atoms with van der Waals surface area (Å²) in [6, 6.07) is 0.736. The zero-order valence-corrected chi connectivity index (χ0v) is 9.15. The number of rotatable bonds is 1. The average Bonchev–Trinajstić information content (AvgIpc) is 2.32. The maximum atomic E-state index is 3.52. The Balaban J connectivity index is 2.48. The van der Waals surface area contributed by atoms with Crippen LogP contribution in [0.3, 0.4) is 0 Å². The van der Waals surface area contributed by atoms with Crippen molar-refractivity contribution in [3.05, 3.63) is 0 Å². The van der Waals surface area contributed by atoms with Crippen molar-refractivity contribution in [1.29, 1.82) is 0 Å². The molecule has 3 unspecified atom stereocenters. The van der Waals surface area contributed by atoms with E-state index in [9.17, 15) is 0 Å². The Morgan fingerprint density at radius 2 is 1.92 bits per heavy atom. The van der Waals surface area contributed by atoms with Gasteiger partial charge in [0.2, 0.25) is 0 Å². The van der Waals surface area contributed by atoms with E-state index in [1.165, 1.54) is 13.0 Å². The molecule has 0 amide bonds. The number of hydrogen-bond donors (Lipinski definition) is 1. The van der Waals surface area contributed by atoms with Crippen LogP contribution in [0, 0.1) is 17.3 Å². The molecule has 0 aromatic heterocycles. The van der Waals surface area contributed by atoms with Crippen LogP contribution in [0.5, 0.6) is 0 Å². The van der Waals surface area contributed by atoms with Crippen molar-refractivity contribution in [3.8, 4) is 0 Å². The van der Waals surface area contributed by atoms with Crippen LogP contribution in [-0.4, -0.2) is 12.6 Å². The van der Waals surface area contributed by atoms with Crippen molar-refractivity contribution >= 4 is 0 Å². The van der Waals surface area contributed by atoms with E-state index in [0.29, 0.717) is 5.41 Å². The van der Waals surface area contributed by atoms with E-state index in [1.807, 2.05) is 0 Å². The summed E-state index contributed by atoms with van der Waals surface area (Å²) in [5.74, 6) is 1.72. The Bertz CT molecular complexity index is 146. The van der Waals surface area contributed by atoms with Crippen molar-refractivity contribution in [2.75, 3.05) is 6.54 Å². The molecule has 1 N–H and O–H groups in total. The molecule has 1 aliphatic heterocycles. The van der Waals surface area contributed by atoms with Gasteiger partial charge in [-0.25, -0.2) is 0 Å². The van der Waals surface area contributed by atoms with E-state index in [1.54, 1.807) is 0 Å². The quantitative estimate of drug-likeness (QED) is 0.636. The van der Waals surface area contributed by atoms with E-state index in [2.05, 4.69) is 39.9 Å². The van der Waals surface area contributed by atoms with Crippen LogP contribution in [0.2, 0.25) is 0 Å². The smallest absolute Gasteiger partial charge is 0.00420 e. The summed E-state index contributed by atoms with van der Waals surface area (Å²) >= 11 is 0. The summed E-state index contributed by atoms with van der Waals surface area (Å²) in [6.45, 7) is 12.9. The first kappa shape index (κ1) is 10.0.